The maximum Gasteiger partial charge on any atom is 0.254 e. The number of aryl methyl sites for hydroxylation is 2. The second-order valence-corrected chi connectivity index (χ2v) is 12.0. The first-order valence-electron chi connectivity index (χ1n) is 14.9. The molecule has 0 spiro atoms. The van der Waals surface area contributed by atoms with Crippen LogP contribution in [0.15, 0.2) is 79.3 Å². The highest BCUT2D eigenvalue weighted by molar-refractivity contribution is 6.39. The fourth-order valence-corrected chi connectivity index (χ4v) is 6.49. The van der Waals surface area contributed by atoms with E-state index in [-0.39, 0.29) is 27.6 Å². The van der Waals surface area contributed by atoms with Crippen LogP contribution in [0.5, 0.6) is 0 Å². The summed E-state index contributed by atoms with van der Waals surface area (Å²) in [5.41, 5.74) is 7.14. The summed E-state index contributed by atoms with van der Waals surface area (Å²) in [6.07, 6.45) is 8.05. The van der Waals surface area contributed by atoms with Crippen molar-refractivity contribution in [2.75, 3.05) is 13.1 Å². The maximum absolute atomic E-state index is 12.7. The Morgan fingerprint density at radius 3 is 2.57 bits per heavy atom. The number of rotatable bonds is 11. The molecule has 226 valence electrons. The molecule has 0 radical (unpaired) electrons. The first-order chi connectivity index (χ1) is 21.5. The van der Waals surface area contributed by atoms with Crippen molar-refractivity contribution in [1.82, 2.24) is 35.1 Å². The minimum atomic E-state index is -0.327. The Kier molecular flexibility index (Phi) is 9.52. The van der Waals surface area contributed by atoms with Crippen LogP contribution in [-0.4, -0.2) is 43.4 Å². The van der Waals surface area contributed by atoms with Crippen molar-refractivity contribution in [3.8, 4) is 0 Å². The van der Waals surface area contributed by atoms with Gasteiger partial charge in [0.15, 0.2) is 0 Å². The van der Waals surface area contributed by atoms with Gasteiger partial charge in [0.25, 0.3) is 5.91 Å². The SMILES string of the molecule is Cn1c(CNCCN(Cc2ccc(CNC(=O)c3c(Cl)cncc3Cl)cc2)C2CCCc3cccnc32)nc2ccccc21. The molecule has 2 aromatic carbocycles. The van der Waals surface area contributed by atoms with E-state index in [0.717, 1.165) is 61.3 Å². The largest absolute Gasteiger partial charge is 0.348 e. The molecule has 1 amide bonds. The van der Waals surface area contributed by atoms with Gasteiger partial charge < -0.3 is 15.2 Å². The summed E-state index contributed by atoms with van der Waals surface area (Å²) in [5, 5.41) is 7.00. The van der Waals surface area contributed by atoms with Crippen molar-refractivity contribution >= 4 is 40.1 Å². The highest BCUT2D eigenvalue weighted by Crippen LogP contribution is 2.33. The van der Waals surface area contributed by atoms with Gasteiger partial charge >= 0.3 is 0 Å². The van der Waals surface area contributed by atoms with Crippen molar-refractivity contribution < 1.29 is 4.79 Å². The second-order valence-electron chi connectivity index (χ2n) is 11.2. The zero-order valence-electron chi connectivity index (χ0n) is 24.6. The molecule has 10 heteroatoms. The fraction of sp³-hybridized carbons (Fsp3) is 0.294. The molecule has 44 heavy (non-hydrogen) atoms. The van der Waals surface area contributed by atoms with Gasteiger partial charge in [0.2, 0.25) is 0 Å². The molecule has 2 N–H and O–H groups in total. The zero-order valence-corrected chi connectivity index (χ0v) is 26.2. The number of hydrogen-bond donors (Lipinski definition) is 2. The smallest absolute Gasteiger partial charge is 0.254 e. The molecule has 0 aliphatic heterocycles. The van der Waals surface area contributed by atoms with Gasteiger partial charge in [-0.2, -0.15) is 0 Å². The number of nitrogens with one attached hydrogen (secondary N) is 2. The van der Waals surface area contributed by atoms with E-state index in [1.165, 1.54) is 29.2 Å². The molecule has 0 fully saturated rings. The van der Waals surface area contributed by atoms with Gasteiger partial charge in [-0.1, -0.05) is 65.7 Å². The van der Waals surface area contributed by atoms with E-state index in [2.05, 4.69) is 74.6 Å². The number of fused-ring (bicyclic) bond motifs is 2. The number of carbonyl (C=O) groups excluding carboxylic acids is 1. The molecular weight excluding hydrogens is 593 g/mol. The summed E-state index contributed by atoms with van der Waals surface area (Å²) in [6.45, 7) is 3.56. The summed E-state index contributed by atoms with van der Waals surface area (Å²) in [4.78, 5) is 28.8. The minimum absolute atomic E-state index is 0.229. The van der Waals surface area contributed by atoms with E-state index in [1.807, 2.05) is 24.4 Å². The Hall–Kier alpha value is -3.82. The van der Waals surface area contributed by atoms with Crippen molar-refractivity contribution in [2.24, 2.45) is 7.05 Å². The number of imidazole rings is 1. The van der Waals surface area contributed by atoms with Crippen LogP contribution < -0.4 is 10.6 Å². The lowest BCUT2D eigenvalue weighted by Gasteiger charge is -2.35. The second kappa shape index (κ2) is 13.9. The van der Waals surface area contributed by atoms with Crippen LogP contribution >= 0.6 is 23.2 Å². The Morgan fingerprint density at radius 1 is 1.00 bits per heavy atom. The summed E-state index contributed by atoms with van der Waals surface area (Å²) in [7, 11) is 2.07. The molecule has 0 saturated carbocycles. The lowest BCUT2D eigenvalue weighted by Crippen LogP contribution is -2.37. The number of para-hydroxylation sites is 2. The Balaban J connectivity index is 1.12. The molecule has 1 atom stereocenters. The predicted octanol–water partition coefficient (Wildman–Crippen LogP) is 6.27. The van der Waals surface area contributed by atoms with Gasteiger partial charge in [-0.3, -0.25) is 19.7 Å². The predicted molar refractivity (Wildman–Crippen MR) is 175 cm³/mol. The quantitative estimate of drug-likeness (QED) is 0.168. The van der Waals surface area contributed by atoms with Crippen molar-refractivity contribution in [2.45, 2.75) is 44.9 Å². The fourth-order valence-electron chi connectivity index (χ4n) is 5.96. The van der Waals surface area contributed by atoms with E-state index in [9.17, 15) is 4.79 Å². The maximum atomic E-state index is 12.7. The van der Waals surface area contributed by atoms with Gasteiger partial charge in [-0.15, -0.1) is 0 Å². The number of nitrogens with zero attached hydrogens (tertiary/aromatic N) is 5. The number of carbonyl (C=O) groups is 1. The van der Waals surface area contributed by atoms with Crippen LogP contribution in [-0.2, 0) is 33.1 Å². The van der Waals surface area contributed by atoms with Gasteiger partial charge in [0.05, 0.1) is 44.9 Å². The Labute approximate surface area is 267 Å². The summed E-state index contributed by atoms with van der Waals surface area (Å²) in [6, 6.07) is 21.1. The zero-order chi connectivity index (χ0) is 30.5. The summed E-state index contributed by atoms with van der Waals surface area (Å²) >= 11 is 12.3. The van der Waals surface area contributed by atoms with Crippen molar-refractivity contribution in [3.63, 3.8) is 0 Å². The third-order valence-corrected chi connectivity index (χ3v) is 8.86. The van der Waals surface area contributed by atoms with Crippen LogP contribution in [0.4, 0.5) is 0 Å². The molecule has 6 rings (SSSR count). The van der Waals surface area contributed by atoms with E-state index in [0.29, 0.717) is 13.1 Å². The van der Waals surface area contributed by atoms with Crippen LogP contribution in [0.25, 0.3) is 11.0 Å². The lowest BCUT2D eigenvalue weighted by atomic mass is 9.90. The normalized spacial score (nSPS) is 14.6. The van der Waals surface area contributed by atoms with Crippen LogP contribution in [0.1, 0.15) is 57.5 Å². The highest BCUT2D eigenvalue weighted by Gasteiger charge is 2.27. The van der Waals surface area contributed by atoms with Crippen molar-refractivity contribution in [1.29, 1.82) is 0 Å². The van der Waals surface area contributed by atoms with E-state index in [1.54, 1.807) is 0 Å². The molecule has 0 saturated heterocycles. The van der Waals surface area contributed by atoms with Gasteiger partial charge in [0, 0.05) is 51.8 Å². The molecule has 8 nitrogen and oxygen atoms in total. The molecule has 0 bridgehead atoms. The number of amides is 1. The van der Waals surface area contributed by atoms with Crippen LogP contribution in [0.2, 0.25) is 10.0 Å². The molecule has 5 aromatic rings. The topological polar surface area (TPSA) is 88.0 Å². The number of aromatic nitrogens is 4. The van der Waals surface area contributed by atoms with Gasteiger partial charge in [0.1, 0.15) is 5.82 Å². The molecule has 3 heterocycles. The minimum Gasteiger partial charge on any atom is -0.348 e. The first-order valence-corrected chi connectivity index (χ1v) is 15.7. The van der Waals surface area contributed by atoms with Crippen LogP contribution in [0.3, 0.4) is 0 Å². The number of hydrogen-bond acceptors (Lipinski definition) is 6. The molecule has 1 aliphatic rings. The summed E-state index contributed by atoms with van der Waals surface area (Å²) < 4.78 is 2.16. The molecular formula is C34H35Cl2N7O. The average molecular weight is 629 g/mol. The molecule has 1 aliphatic carbocycles. The lowest BCUT2D eigenvalue weighted by molar-refractivity contribution is 0.0951. The average Bonchev–Trinajstić information content (AvgIpc) is 3.36. The third-order valence-electron chi connectivity index (χ3n) is 8.29. The van der Waals surface area contributed by atoms with E-state index in [4.69, 9.17) is 33.2 Å². The summed E-state index contributed by atoms with van der Waals surface area (Å²) in [5.74, 6) is 0.700. The Morgan fingerprint density at radius 2 is 1.77 bits per heavy atom. The standard InChI is InChI=1S/C34H35Cl2N7O/c1-42-29-9-3-2-8-28(29)41-31(42)21-37-16-17-43(30-10-4-6-25-7-5-15-39-33(25)30)22-24-13-11-23(12-14-24)18-40-34(44)32-26(35)19-38-20-27(32)36/h2-3,5,7-9,11-15,19-20,30,37H,4,6,10,16-18,21-22H2,1H3,(H,40,44). The van der Waals surface area contributed by atoms with Crippen LogP contribution in [0, 0.1) is 0 Å². The van der Waals surface area contributed by atoms with E-state index >= 15 is 0 Å². The number of benzene rings is 2. The van der Waals surface area contributed by atoms with E-state index < -0.39 is 0 Å². The van der Waals surface area contributed by atoms with Gasteiger partial charge in [-0.25, -0.2) is 4.98 Å². The van der Waals surface area contributed by atoms with Gasteiger partial charge in [-0.05, 0) is 54.2 Å². The Bertz CT molecular complexity index is 1730. The monoisotopic (exact) mass is 627 g/mol. The van der Waals surface area contributed by atoms with Crippen molar-refractivity contribution in [3.05, 3.63) is 123 Å². The highest BCUT2D eigenvalue weighted by atomic mass is 35.5. The third kappa shape index (κ3) is 6.79. The molecule has 1 unspecified atom stereocenters. The molecule has 3 aromatic heterocycles. The first kappa shape index (κ1) is 30.2. The number of halogens is 2. The number of pyridine rings is 2.